The summed E-state index contributed by atoms with van der Waals surface area (Å²) in [5, 5.41) is 0. The van der Waals surface area contributed by atoms with Gasteiger partial charge in [-0.2, -0.15) is 0 Å². The first-order valence-electron chi connectivity index (χ1n) is 10.1. The maximum atomic E-state index is 12.8. The monoisotopic (exact) mass is 316 g/mol. The Labute approximate surface area is 143 Å². The highest BCUT2D eigenvalue weighted by Gasteiger charge is 2.64. The van der Waals surface area contributed by atoms with Crippen molar-refractivity contribution >= 4 is 5.78 Å². The van der Waals surface area contributed by atoms with Gasteiger partial charge in [0.15, 0.2) is 0 Å². The maximum absolute atomic E-state index is 12.8. The molecule has 3 unspecified atom stereocenters. The Balaban J connectivity index is 1.66. The predicted molar refractivity (Wildman–Crippen MR) is 93.2 cm³/mol. The van der Waals surface area contributed by atoms with Crippen molar-refractivity contribution in [2.24, 2.45) is 28.6 Å². The van der Waals surface area contributed by atoms with Crippen LogP contribution >= 0.6 is 0 Å². The Hall–Kier alpha value is -1.37. The smallest absolute Gasteiger partial charge is 0.144 e. The summed E-state index contributed by atoms with van der Waals surface area (Å²) in [6.45, 7) is 0. The van der Waals surface area contributed by atoms with Gasteiger partial charge in [-0.05, 0) is 74.3 Å². The van der Waals surface area contributed by atoms with Gasteiger partial charge in [0, 0.05) is 17.3 Å². The minimum Gasteiger partial charge on any atom is -0.299 e. The summed E-state index contributed by atoms with van der Waals surface area (Å²) in [5.41, 5.74) is 9.18. The van der Waals surface area contributed by atoms with E-state index < -0.39 is 0 Å². The van der Waals surface area contributed by atoms with E-state index in [1.54, 1.807) is 5.57 Å². The van der Waals surface area contributed by atoms with Gasteiger partial charge in [0.2, 0.25) is 0 Å². The van der Waals surface area contributed by atoms with Crippen molar-refractivity contribution in [2.45, 2.75) is 57.8 Å². The molecule has 0 aliphatic heterocycles. The van der Waals surface area contributed by atoms with E-state index >= 15 is 0 Å². The number of carbonyl (C=O) groups excluding carboxylic acids is 1. The summed E-state index contributed by atoms with van der Waals surface area (Å²) >= 11 is 0. The molecule has 2 fully saturated rings. The lowest BCUT2D eigenvalue weighted by molar-refractivity contribution is -0.121. The average Bonchev–Trinajstić information content (AvgIpc) is 3.22. The SMILES string of the molecule is O=C1CCC2=C3C=CC(=CC13)C13CCC(CC1)C1=C3C3CCC21C3. The summed E-state index contributed by atoms with van der Waals surface area (Å²) in [5.74, 6) is 2.31. The molecule has 0 radical (unpaired) electrons. The summed E-state index contributed by atoms with van der Waals surface area (Å²) in [4.78, 5) is 12.8. The van der Waals surface area contributed by atoms with Crippen LogP contribution in [0.1, 0.15) is 57.8 Å². The van der Waals surface area contributed by atoms with Crippen molar-refractivity contribution in [3.8, 4) is 0 Å². The molecule has 2 saturated carbocycles. The highest BCUT2D eigenvalue weighted by molar-refractivity contribution is 5.90. The zero-order chi connectivity index (χ0) is 15.7. The number of ketones is 1. The number of rotatable bonds is 0. The summed E-state index contributed by atoms with van der Waals surface area (Å²) in [6.07, 6.45) is 18.8. The largest absolute Gasteiger partial charge is 0.299 e. The molecule has 0 amide bonds. The number of fused-ring (bicyclic) bond motifs is 3. The van der Waals surface area contributed by atoms with Crippen LogP contribution in [0.5, 0.6) is 0 Å². The van der Waals surface area contributed by atoms with E-state index in [2.05, 4.69) is 18.2 Å². The van der Waals surface area contributed by atoms with E-state index in [9.17, 15) is 4.79 Å². The normalized spacial score (nSPS) is 49.6. The second-order valence-electron chi connectivity index (χ2n) is 9.54. The molecular formula is C23H24O. The number of allylic oxidation sites excluding steroid dienone is 8. The van der Waals surface area contributed by atoms with Crippen molar-refractivity contribution in [3.05, 3.63) is 46.1 Å². The number of hydrogen-bond donors (Lipinski definition) is 0. The average molecular weight is 316 g/mol. The first kappa shape index (κ1) is 12.9. The molecule has 0 N–H and O–H groups in total. The van der Waals surface area contributed by atoms with Crippen LogP contribution in [0.4, 0.5) is 0 Å². The zero-order valence-corrected chi connectivity index (χ0v) is 14.2. The molecular weight excluding hydrogens is 292 g/mol. The molecule has 9 rings (SSSR count). The topological polar surface area (TPSA) is 17.1 Å². The van der Waals surface area contributed by atoms with E-state index in [-0.39, 0.29) is 5.92 Å². The van der Waals surface area contributed by atoms with Gasteiger partial charge < -0.3 is 0 Å². The molecule has 122 valence electrons. The minimum absolute atomic E-state index is 0.0948. The van der Waals surface area contributed by atoms with Crippen molar-refractivity contribution in [2.75, 3.05) is 0 Å². The van der Waals surface area contributed by atoms with Gasteiger partial charge in [-0.1, -0.05) is 34.9 Å². The fourth-order valence-electron chi connectivity index (χ4n) is 8.37. The van der Waals surface area contributed by atoms with Crippen LogP contribution in [-0.4, -0.2) is 5.78 Å². The quantitative estimate of drug-likeness (QED) is 0.571. The van der Waals surface area contributed by atoms with Gasteiger partial charge in [-0.15, -0.1) is 0 Å². The number of hydrogen-bond acceptors (Lipinski definition) is 1. The standard InChI is InChI=1S/C23H24O/c24-19-4-3-18-16-2-1-15(11-17(16)19)22-8-5-13(6-9-22)20-21(22)14-7-10-23(18,20)12-14/h1-2,11,13-14,17H,3-10,12H2. The molecule has 2 spiro atoms. The van der Waals surface area contributed by atoms with Crippen LogP contribution in [-0.2, 0) is 4.79 Å². The zero-order valence-electron chi connectivity index (χ0n) is 14.2. The van der Waals surface area contributed by atoms with Gasteiger partial charge in [0.05, 0.1) is 5.92 Å². The lowest BCUT2D eigenvalue weighted by Gasteiger charge is -2.53. The second kappa shape index (κ2) is 3.74. The van der Waals surface area contributed by atoms with Crippen LogP contribution in [0.2, 0.25) is 0 Å². The molecule has 0 aromatic heterocycles. The van der Waals surface area contributed by atoms with Gasteiger partial charge in [-0.25, -0.2) is 0 Å². The van der Waals surface area contributed by atoms with Crippen LogP contribution in [0.15, 0.2) is 46.1 Å². The van der Waals surface area contributed by atoms with Crippen molar-refractivity contribution in [1.29, 1.82) is 0 Å². The number of carbonyl (C=O) groups is 1. The third-order valence-corrected chi connectivity index (χ3v) is 9.06. The Morgan fingerprint density at radius 2 is 1.62 bits per heavy atom. The van der Waals surface area contributed by atoms with Crippen LogP contribution in [0.3, 0.4) is 0 Å². The van der Waals surface area contributed by atoms with E-state index in [1.165, 1.54) is 56.1 Å². The third-order valence-electron chi connectivity index (χ3n) is 9.06. The highest BCUT2D eigenvalue weighted by Crippen LogP contribution is 2.75. The Morgan fingerprint density at radius 1 is 0.875 bits per heavy atom. The van der Waals surface area contributed by atoms with Gasteiger partial charge in [0.1, 0.15) is 5.78 Å². The molecule has 9 aliphatic rings. The minimum atomic E-state index is 0.0948. The summed E-state index contributed by atoms with van der Waals surface area (Å²) < 4.78 is 0. The van der Waals surface area contributed by atoms with Crippen LogP contribution in [0.25, 0.3) is 0 Å². The Morgan fingerprint density at radius 3 is 2.50 bits per heavy atom. The summed E-state index contributed by atoms with van der Waals surface area (Å²) in [6, 6.07) is 0. The van der Waals surface area contributed by atoms with Crippen molar-refractivity contribution < 1.29 is 4.79 Å². The fourth-order valence-corrected chi connectivity index (χ4v) is 8.37. The van der Waals surface area contributed by atoms with E-state index in [1.807, 2.05) is 11.1 Å². The predicted octanol–water partition coefficient (Wildman–Crippen LogP) is 5.06. The molecule has 1 heteroatoms. The van der Waals surface area contributed by atoms with Crippen molar-refractivity contribution in [1.82, 2.24) is 0 Å². The molecule has 9 aliphatic carbocycles. The molecule has 0 heterocycles. The Kier molecular flexibility index (Phi) is 2.01. The van der Waals surface area contributed by atoms with E-state index in [0.29, 0.717) is 16.6 Å². The highest BCUT2D eigenvalue weighted by atomic mass is 16.1. The molecule has 0 aromatic carbocycles. The third kappa shape index (κ3) is 1.14. The van der Waals surface area contributed by atoms with E-state index in [4.69, 9.17) is 0 Å². The molecule has 0 saturated heterocycles. The molecule has 24 heavy (non-hydrogen) atoms. The number of Topliss-reactive ketones (excluding diaryl/α,β-unsaturated/α-hetero) is 1. The van der Waals surface area contributed by atoms with Gasteiger partial charge >= 0.3 is 0 Å². The summed E-state index contributed by atoms with van der Waals surface area (Å²) in [7, 11) is 0. The Bertz CT molecular complexity index is 839. The van der Waals surface area contributed by atoms with Gasteiger partial charge in [0.25, 0.3) is 0 Å². The molecule has 0 aromatic rings. The second-order valence-corrected chi connectivity index (χ2v) is 9.54. The molecule has 10 bridgehead atoms. The van der Waals surface area contributed by atoms with Crippen molar-refractivity contribution in [3.63, 3.8) is 0 Å². The molecule has 1 nitrogen and oxygen atoms in total. The van der Waals surface area contributed by atoms with E-state index in [0.717, 1.165) is 24.7 Å². The molecule has 3 atom stereocenters. The lowest BCUT2D eigenvalue weighted by Crippen LogP contribution is -2.42. The first-order valence-corrected chi connectivity index (χ1v) is 10.1. The van der Waals surface area contributed by atoms with Crippen LogP contribution < -0.4 is 0 Å². The first-order chi connectivity index (χ1) is 11.7. The van der Waals surface area contributed by atoms with Crippen LogP contribution in [0, 0.1) is 28.6 Å². The lowest BCUT2D eigenvalue weighted by atomic mass is 9.50. The maximum Gasteiger partial charge on any atom is 0.144 e. The van der Waals surface area contributed by atoms with Gasteiger partial charge in [-0.3, -0.25) is 4.79 Å². The fraction of sp³-hybridized carbons (Fsp3) is 0.609.